The van der Waals surface area contributed by atoms with E-state index in [0.29, 0.717) is 40.7 Å². The fraction of sp³-hybridized carbons (Fsp3) is 0.591. The van der Waals surface area contributed by atoms with Gasteiger partial charge < -0.3 is 10.2 Å². The van der Waals surface area contributed by atoms with Gasteiger partial charge in [0, 0.05) is 6.04 Å². The number of nitrogens with one attached hydrogen (secondary N) is 2. The van der Waals surface area contributed by atoms with E-state index in [9.17, 15) is 9.59 Å². The van der Waals surface area contributed by atoms with E-state index in [1.807, 2.05) is 31.2 Å². The third-order valence-electron chi connectivity index (χ3n) is 5.51. The maximum Gasteiger partial charge on any atom is 0.262 e. The summed E-state index contributed by atoms with van der Waals surface area (Å²) in [7, 11) is 0. The molecule has 0 spiro atoms. The van der Waals surface area contributed by atoms with Crippen molar-refractivity contribution in [2.24, 2.45) is 0 Å². The van der Waals surface area contributed by atoms with Crippen molar-refractivity contribution in [2.45, 2.75) is 82.5 Å². The number of benzene rings is 1. The molecule has 0 radical (unpaired) electrons. The molecule has 1 atom stereocenters. The third kappa shape index (κ3) is 5.39. The molecule has 1 amide bonds. The Bertz CT molecular complexity index is 913. The van der Waals surface area contributed by atoms with Gasteiger partial charge >= 0.3 is 0 Å². The normalized spacial score (nSPS) is 15.4. The largest absolute Gasteiger partial charge is 0.352 e. The first kappa shape index (κ1) is 21.8. The van der Waals surface area contributed by atoms with Gasteiger partial charge in [0.15, 0.2) is 5.16 Å². The first-order valence-corrected chi connectivity index (χ1v) is 11.5. The number of quaternary nitrogens is 1. The van der Waals surface area contributed by atoms with Gasteiger partial charge in [-0.05, 0) is 59.6 Å². The molecule has 7 heteroatoms. The van der Waals surface area contributed by atoms with Crippen LogP contribution >= 0.6 is 11.8 Å². The SMILES string of the molecule is CC(C)[NH+](CCn1c(S[C@H](C)C(=O)NC2CC2)nc2ccccc2c1=O)C(C)C. The van der Waals surface area contributed by atoms with Gasteiger partial charge in [0.2, 0.25) is 5.91 Å². The van der Waals surface area contributed by atoms with E-state index in [0.717, 1.165) is 19.4 Å². The molecule has 1 aliphatic carbocycles. The Morgan fingerprint density at radius 2 is 1.86 bits per heavy atom. The van der Waals surface area contributed by atoms with Crippen LogP contribution in [0.4, 0.5) is 0 Å². The number of hydrogen-bond acceptors (Lipinski definition) is 4. The highest BCUT2D eigenvalue weighted by atomic mass is 32.2. The minimum atomic E-state index is -0.298. The maximum atomic E-state index is 13.2. The monoisotopic (exact) mass is 417 g/mol. The Morgan fingerprint density at radius 1 is 1.21 bits per heavy atom. The van der Waals surface area contributed by atoms with Gasteiger partial charge in [-0.2, -0.15) is 0 Å². The fourth-order valence-electron chi connectivity index (χ4n) is 3.68. The quantitative estimate of drug-likeness (QED) is 0.483. The summed E-state index contributed by atoms with van der Waals surface area (Å²) in [5, 5.41) is 4.00. The van der Waals surface area contributed by atoms with E-state index in [1.165, 1.54) is 16.7 Å². The second kappa shape index (κ2) is 9.30. The average Bonchev–Trinajstić information content (AvgIpc) is 3.47. The minimum Gasteiger partial charge on any atom is -0.352 e. The van der Waals surface area contributed by atoms with Crippen molar-refractivity contribution in [3.8, 4) is 0 Å². The molecule has 1 heterocycles. The molecule has 0 aliphatic heterocycles. The Kier molecular flexibility index (Phi) is 7.01. The molecule has 2 aromatic rings. The minimum absolute atomic E-state index is 0.0167. The fourth-order valence-corrected chi connectivity index (χ4v) is 4.62. The van der Waals surface area contributed by atoms with Gasteiger partial charge in [-0.1, -0.05) is 23.9 Å². The summed E-state index contributed by atoms with van der Waals surface area (Å²) in [6.45, 7) is 12.1. The summed E-state index contributed by atoms with van der Waals surface area (Å²) >= 11 is 1.38. The molecule has 1 fully saturated rings. The van der Waals surface area contributed by atoms with E-state index < -0.39 is 0 Å². The maximum absolute atomic E-state index is 13.2. The zero-order valence-electron chi connectivity index (χ0n) is 18.1. The topological polar surface area (TPSA) is 68.4 Å². The smallest absolute Gasteiger partial charge is 0.262 e. The molecule has 158 valence electrons. The lowest BCUT2D eigenvalue weighted by atomic mass is 10.2. The first-order chi connectivity index (χ1) is 13.8. The summed E-state index contributed by atoms with van der Waals surface area (Å²) < 4.78 is 1.76. The van der Waals surface area contributed by atoms with E-state index in [-0.39, 0.29) is 16.7 Å². The second-order valence-electron chi connectivity index (χ2n) is 8.55. The molecule has 0 unspecified atom stereocenters. The molecular weight excluding hydrogens is 384 g/mol. The summed E-state index contributed by atoms with van der Waals surface area (Å²) in [5.41, 5.74) is 0.655. The van der Waals surface area contributed by atoms with Crippen molar-refractivity contribution < 1.29 is 9.69 Å². The summed E-state index contributed by atoms with van der Waals surface area (Å²) in [4.78, 5) is 31.9. The van der Waals surface area contributed by atoms with Crippen LogP contribution in [0.3, 0.4) is 0 Å². The predicted octanol–water partition coefficient (Wildman–Crippen LogP) is 1.86. The first-order valence-electron chi connectivity index (χ1n) is 10.6. The van der Waals surface area contributed by atoms with Crippen molar-refractivity contribution in [3.63, 3.8) is 0 Å². The molecule has 6 nitrogen and oxygen atoms in total. The Hall–Kier alpha value is -1.86. The molecule has 1 aromatic heterocycles. The molecule has 0 saturated heterocycles. The van der Waals surface area contributed by atoms with Crippen LogP contribution < -0.4 is 15.8 Å². The van der Waals surface area contributed by atoms with Crippen LogP contribution in [0.1, 0.15) is 47.5 Å². The summed E-state index contributed by atoms with van der Waals surface area (Å²) in [6, 6.07) is 8.71. The van der Waals surface area contributed by atoms with Gasteiger partial charge in [-0.3, -0.25) is 14.2 Å². The number of fused-ring (bicyclic) bond motifs is 1. The number of carbonyl (C=O) groups excluding carboxylic acids is 1. The highest BCUT2D eigenvalue weighted by Crippen LogP contribution is 2.24. The molecule has 1 aromatic carbocycles. The lowest BCUT2D eigenvalue weighted by molar-refractivity contribution is -0.942. The Balaban J connectivity index is 1.90. The number of hydrogen-bond donors (Lipinski definition) is 2. The number of amides is 1. The Labute approximate surface area is 177 Å². The van der Waals surface area contributed by atoms with Crippen LogP contribution in [0.2, 0.25) is 0 Å². The van der Waals surface area contributed by atoms with Crippen molar-refractivity contribution in [2.75, 3.05) is 6.54 Å². The van der Waals surface area contributed by atoms with Crippen LogP contribution in [-0.2, 0) is 11.3 Å². The molecule has 3 rings (SSSR count). The van der Waals surface area contributed by atoms with Crippen LogP contribution in [0.25, 0.3) is 10.9 Å². The number of thioether (sulfide) groups is 1. The third-order valence-corrected chi connectivity index (χ3v) is 6.60. The highest BCUT2D eigenvalue weighted by molar-refractivity contribution is 8.00. The Morgan fingerprint density at radius 3 is 2.48 bits per heavy atom. The highest BCUT2D eigenvalue weighted by Gasteiger charge is 2.27. The average molecular weight is 418 g/mol. The zero-order valence-corrected chi connectivity index (χ0v) is 18.9. The molecule has 2 N–H and O–H groups in total. The lowest BCUT2D eigenvalue weighted by Gasteiger charge is -2.28. The predicted molar refractivity (Wildman–Crippen MR) is 119 cm³/mol. The van der Waals surface area contributed by atoms with Gasteiger partial charge in [0.05, 0.1) is 41.3 Å². The van der Waals surface area contributed by atoms with Crippen LogP contribution in [0.15, 0.2) is 34.2 Å². The number of rotatable bonds is 9. The molecule has 1 aliphatic rings. The van der Waals surface area contributed by atoms with Crippen molar-refractivity contribution in [1.82, 2.24) is 14.9 Å². The van der Waals surface area contributed by atoms with E-state index in [2.05, 4.69) is 33.0 Å². The summed E-state index contributed by atoms with van der Waals surface area (Å²) in [6.07, 6.45) is 2.12. The van der Waals surface area contributed by atoms with Crippen molar-refractivity contribution in [1.29, 1.82) is 0 Å². The summed E-state index contributed by atoms with van der Waals surface area (Å²) in [5.74, 6) is 0.0167. The van der Waals surface area contributed by atoms with Crippen LogP contribution in [0, 0.1) is 0 Å². The number of nitrogens with zero attached hydrogens (tertiary/aromatic N) is 2. The van der Waals surface area contributed by atoms with Gasteiger partial charge in [0.1, 0.15) is 0 Å². The standard InChI is InChI=1S/C22H32N4O2S/c1-14(2)25(15(3)4)12-13-26-21(28)18-8-6-7-9-19(18)24-22(26)29-16(5)20(27)23-17-10-11-17/h6-9,14-17H,10-13H2,1-5H3,(H,23,27)/p+1/t16-/m1/s1. The van der Waals surface area contributed by atoms with E-state index in [1.54, 1.807) is 4.57 Å². The second-order valence-corrected chi connectivity index (χ2v) is 9.85. The van der Waals surface area contributed by atoms with Gasteiger partial charge in [-0.25, -0.2) is 4.98 Å². The zero-order chi connectivity index (χ0) is 21.1. The number of para-hydroxylation sites is 1. The van der Waals surface area contributed by atoms with Gasteiger partial charge in [-0.15, -0.1) is 0 Å². The lowest BCUT2D eigenvalue weighted by Crippen LogP contribution is -3.18. The van der Waals surface area contributed by atoms with Crippen LogP contribution in [0.5, 0.6) is 0 Å². The molecule has 0 bridgehead atoms. The molecular formula is C22H33N4O2S+. The van der Waals surface area contributed by atoms with Crippen LogP contribution in [-0.4, -0.2) is 45.4 Å². The van der Waals surface area contributed by atoms with E-state index in [4.69, 9.17) is 4.98 Å². The number of carbonyl (C=O) groups is 1. The van der Waals surface area contributed by atoms with Crippen molar-refractivity contribution in [3.05, 3.63) is 34.6 Å². The van der Waals surface area contributed by atoms with Crippen molar-refractivity contribution >= 4 is 28.6 Å². The number of aromatic nitrogens is 2. The van der Waals surface area contributed by atoms with E-state index >= 15 is 0 Å². The molecule has 29 heavy (non-hydrogen) atoms. The van der Waals surface area contributed by atoms with Gasteiger partial charge in [0.25, 0.3) is 5.56 Å². The molecule has 1 saturated carbocycles.